The van der Waals surface area contributed by atoms with Crippen LogP contribution in [0.5, 0.6) is 0 Å². The predicted molar refractivity (Wildman–Crippen MR) is 70.1 cm³/mol. The summed E-state index contributed by atoms with van der Waals surface area (Å²) in [7, 11) is 0. The number of rotatable bonds is 2. The first kappa shape index (κ1) is 15.6. The number of carbonyl (C=O) groups excluding carboxylic acids is 1. The standard InChI is InChI=1S/C14H23F3N2O/c1-9-12(19-13(20)14(15,16)17)7-11(8-18-9)10-5-3-2-4-6-10/h9-12,18H,2-8H2,1H3,(H,19,20). The molecule has 0 aromatic heterocycles. The van der Waals surface area contributed by atoms with E-state index in [1.54, 1.807) is 0 Å². The highest BCUT2D eigenvalue weighted by Gasteiger charge is 2.42. The number of carbonyl (C=O) groups is 1. The summed E-state index contributed by atoms with van der Waals surface area (Å²) in [4.78, 5) is 11.1. The van der Waals surface area contributed by atoms with Gasteiger partial charge in [-0.15, -0.1) is 0 Å². The third-order valence-electron chi connectivity index (χ3n) is 4.75. The highest BCUT2D eigenvalue weighted by atomic mass is 19.4. The van der Waals surface area contributed by atoms with E-state index < -0.39 is 18.1 Å². The molecule has 0 spiro atoms. The minimum Gasteiger partial charge on any atom is -0.344 e. The lowest BCUT2D eigenvalue weighted by atomic mass is 9.75. The molecule has 0 aromatic rings. The predicted octanol–water partition coefficient (Wildman–Crippen LogP) is 2.61. The molecule has 2 N–H and O–H groups in total. The van der Waals surface area contributed by atoms with E-state index in [0.29, 0.717) is 18.3 Å². The number of halogens is 3. The van der Waals surface area contributed by atoms with Crippen LogP contribution in [-0.2, 0) is 4.79 Å². The maximum atomic E-state index is 12.4. The first-order valence-corrected chi connectivity index (χ1v) is 7.49. The minimum absolute atomic E-state index is 0.110. The van der Waals surface area contributed by atoms with Gasteiger partial charge in [-0.25, -0.2) is 0 Å². The van der Waals surface area contributed by atoms with Gasteiger partial charge in [0.15, 0.2) is 0 Å². The van der Waals surface area contributed by atoms with Gasteiger partial charge in [0.1, 0.15) is 0 Å². The van der Waals surface area contributed by atoms with E-state index in [1.807, 2.05) is 6.92 Å². The van der Waals surface area contributed by atoms with Gasteiger partial charge in [0, 0.05) is 12.1 Å². The molecule has 2 aliphatic rings. The summed E-state index contributed by atoms with van der Waals surface area (Å²) in [5.41, 5.74) is 0. The summed E-state index contributed by atoms with van der Waals surface area (Å²) in [5.74, 6) is -0.848. The molecule has 0 radical (unpaired) electrons. The lowest BCUT2D eigenvalue weighted by molar-refractivity contribution is -0.174. The number of piperidine rings is 1. The average molecular weight is 292 g/mol. The number of alkyl halides is 3. The van der Waals surface area contributed by atoms with Crippen LogP contribution >= 0.6 is 0 Å². The molecular weight excluding hydrogens is 269 g/mol. The first-order valence-electron chi connectivity index (χ1n) is 7.49. The van der Waals surface area contributed by atoms with Crippen molar-refractivity contribution in [3.05, 3.63) is 0 Å². The van der Waals surface area contributed by atoms with Gasteiger partial charge in [-0.3, -0.25) is 4.79 Å². The zero-order valence-electron chi connectivity index (χ0n) is 11.8. The highest BCUT2D eigenvalue weighted by Crippen LogP contribution is 2.34. The second-order valence-electron chi connectivity index (χ2n) is 6.17. The molecule has 2 rings (SSSR count). The summed E-state index contributed by atoms with van der Waals surface area (Å²) in [6.07, 6.45) is 1.90. The van der Waals surface area contributed by atoms with Crippen molar-refractivity contribution in [2.75, 3.05) is 6.54 Å². The molecule has 1 saturated carbocycles. The van der Waals surface area contributed by atoms with Crippen LogP contribution < -0.4 is 10.6 Å². The number of nitrogens with one attached hydrogen (secondary N) is 2. The summed E-state index contributed by atoms with van der Waals surface area (Å²) < 4.78 is 37.1. The van der Waals surface area contributed by atoms with Crippen molar-refractivity contribution < 1.29 is 18.0 Å². The lowest BCUT2D eigenvalue weighted by Crippen LogP contribution is -2.57. The van der Waals surface area contributed by atoms with Gasteiger partial charge < -0.3 is 10.6 Å². The van der Waals surface area contributed by atoms with Crippen LogP contribution in [0.4, 0.5) is 13.2 Å². The molecule has 0 bridgehead atoms. The van der Waals surface area contributed by atoms with Crippen molar-refractivity contribution in [3.63, 3.8) is 0 Å². The molecule has 6 heteroatoms. The second kappa shape index (κ2) is 6.33. The van der Waals surface area contributed by atoms with E-state index >= 15 is 0 Å². The number of amides is 1. The molecule has 3 atom stereocenters. The Morgan fingerprint density at radius 3 is 2.40 bits per heavy atom. The third-order valence-corrected chi connectivity index (χ3v) is 4.75. The first-order chi connectivity index (χ1) is 9.38. The molecule has 1 heterocycles. The van der Waals surface area contributed by atoms with E-state index in [2.05, 4.69) is 10.6 Å². The quantitative estimate of drug-likeness (QED) is 0.821. The van der Waals surface area contributed by atoms with E-state index in [-0.39, 0.29) is 6.04 Å². The molecule has 3 unspecified atom stereocenters. The van der Waals surface area contributed by atoms with Crippen molar-refractivity contribution in [1.29, 1.82) is 0 Å². The van der Waals surface area contributed by atoms with Crippen LogP contribution in [0.3, 0.4) is 0 Å². The molecule has 1 amide bonds. The largest absolute Gasteiger partial charge is 0.471 e. The third kappa shape index (κ3) is 3.87. The maximum absolute atomic E-state index is 12.4. The summed E-state index contributed by atoms with van der Waals surface area (Å²) in [6, 6.07) is -0.536. The Morgan fingerprint density at radius 2 is 1.80 bits per heavy atom. The van der Waals surface area contributed by atoms with E-state index in [9.17, 15) is 18.0 Å². The Bertz CT molecular complexity index is 340. The Labute approximate surface area is 117 Å². The van der Waals surface area contributed by atoms with Crippen molar-refractivity contribution >= 4 is 5.91 Å². The fourth-order valence-electron chi connectivity index (χ4n) is 3.49. The Kier molecular flexibility index (Phi) is 4.94. The van der Waals surface area contributed by atoms with Crippen LogP contribution in [0.1, 0.15) is 45.4 Å². The summed E-state index contributed by atoms with van der Waals surface area (Å²) in [5, 5.41) is 5.41. The van der Waals surface area contributed by atoms with Gasteiger partial charge in [0.2, 0.25) is 0 Å². The summed E-state index contributed by atoms with van der Waals surface area (Å²) in [6.45, 7) is 2.68. The molecule has 1 saturated heterocycles. The Hall–Kier alpha value is -0.780. The molecule has 0 aromatic carbocycles. The smallest absolute Gasteiger partial charge is 0.344 e. The molecule has 1 aliphatic carbocycles. The van der Waals surface area contributed by atoms with Crippen molar-refractivity contribution in [3.8, 4) is 0 Å². The zero-order chi connectivity index (χ0) is 14.8. The van der Waals surface area contributed by atoms with Gasteiger partial charge in [-0.1, -0.05) is 32.1 Å². The number of hydrogen-bond donors (Lipinski definition) is 2. The number of hydrogen-bond acceptors (Lipinski definition) is 2. The highest BCUT2D eigenvalue weighted by molar-refractivity contribution is 5.82. The molecule has 1 aliphatic heterocycles. The van der Waals surface area contributed by atoms with Gasteiger partial charge in [-0.2, -0.15) is 13.2 Å². The normalized spacial score (nSPS) is 32.9. The fourth-order valence-corrected chi connectivity index (χ4v) is 3.49. The van der Waals surface area contributed by atoms with Crippen LogP contribution in [0.25, 0.3) is 0 Å². The van der Waals surface area contributed by atoms with Gasteiger partial charge >= 0.3 is 12.1 Å². The van der Waals surface area contributed by atoms with Gasteiger partial charge in [0.05, 0.1) is 0 Å². The van der Waals surface area contributed by atoms with Crippen molar-refractivity contribution in [1.82, 2.24) is 10.6 Å². The Morgan fingerprint density at radius 1 is 1.15 bits per heavy atom. The molecule has 3 nitrogen and oxygen atoms in total. The second-order valence-corrected chi connectivity index (χ2v) is 6.17. The van der Waals surface area contributed by atoms with Gasteiger partial charge in [0.25, 0.3) is 0 Å². The van der Waals surface area contributed by atoms with E-state index in [1.165, 1.54) is 32.1 Å². The molecule has 20 heavy (non-hydrogen) atoms. The maximum Gasteiger partial charge on any atom is 0.471 e. The Balaban J connectivity index is 1.92. The molecule has 116 valence electrons. The van der Waals surface area contributed by atoms with Gasteiger partial charge in [-0.05, 0) is 31.7 Å². The van der Waals surface area contributed by atoms with E-state index in [0.717, 1.165) is 6.54 Å². The van der Waals surface area contributed by atoms with Crippen LogP contribution in [-0.4, -0.2) is 30.7 Å². The SMILES string of the molecule is CC1NCC(C2CCCCC2)CC1NC(=O)C(F)(F)F. The van der Waals surface area contributed by atoms with Crippen molar-refractivity contribution in [2.24, 2.45) is 11.8 Å². The summed E-state index contributed by atoms with van der Waals surface area (Å²) >= 11 is 0. The molecular formula is C14H23F3N2O. The van der Waals surface area contributed by atoms with Crippen molar-refractivity contribution in [2.45, 2.75) is 63.7 Å². The zero-order valence-corrected chi connectivity index (χ0v) is 11.8. The fraction of sp³-hybridized carbons (Fsp3) is 0.929. The van der Waals surface area contributed by atoms with Crippen LogP contribution in [0.15, 0.2) is 0 Å². The van der Waals surface area contributed by atoms with Crippen LogP contribution in [0.2, 0.25) is 0 Å². The average Bonchev–Trinajstić information content (AvgIpc) is 2.41. The van der Waals surface area contributed by atoms with E-state index in [4.69, 9.17) is 0 Å². The monoisotopic (exact) mass is 292 g/mol. The lowest BCUT2D eigenvalue weighted by Gasteiger charge is -2.40. The molecule has 2 fully saturated rings. The topological polar surface area (TPSA) is 41.1 Å². The minimum atomic E-state index is -4.79. The van der Waals surface area contributed by atoms with Crippen LogP contribution in [0, 0.1) is 11.8 Å².